The van der Waals surface area contributed by atoms with Crippen LogP contribution in [0.25, 0.3) is 109 Å². The van der Waals surface area contributed by atoms with Crippen LogP contribution >= 0.6 is 0 Å². The van der Waals surface area contributed by atoms with Gasteiger partial charge in [0.05, 0.1) is 12.3 Å². The van der Waals surface area contributed by atoms with Gasteiger partial charge in [-0.05, 0) is 106 Å². The van der Waals surface area contributed by atoms with Crippen LogP contribution in [0.4, 0.5) is 0 Å². The summed E-state index contributed by atoms with van der Waals surface area (Å²) in [7, 11) is 0. The van der Waals surface area contributed by atoms with Crippen molar-refractivity contribution in [3.05, 3.63) is 182 Å². The second-order valence-corrected chi connectivity index (χ2v) is 12.9. The van der Waals surface area contributed by atoms with Crippen LogP contribution in [0.15, 0.2) is 186 Å². The zero-order valence-electron chi connectivity index (χ0n) is 36.0. The van der Waals surface area contributed by atoms with E-state index in [2.05, 4.69) is 78.9 Å². The highest BCUT2D eigenvalue weighted by atomic mass is 16.3. The molecule has 0 saturated heterocycles. The summed E-state index contributed by atoms with van der Waals surface area (Å²) in [6, 6.07) is 39.7. The Kier molecular flexibility index (Phi) is 4.43. The van der Waals surface area contributed by atoms with Gasteiger partial charge in [-0.1, -0.05) is 158 Å². The Morgan fingerprint density at radius 2 is 0.980 bits per heavy atom. The van der Waals surface area contributed by atoms with E-state index in [0.717, 1.165) is 65.3 Å². The van der Waals surface area contributed by atoms with Crippen molar-refractivity contribution in [3.63, 3.8) is 0 Å². The lowest BCUT2D eigenvalue weighted by molar-refractivity contribution is 0.673. The summed E-state index contributed by atoms with van der Waals surface area (Å²) in [5.41, 5.74) is 4.65. The highest BCUT2D eigenvalue weighted by Gasteiger charge is 2.21. The van der Waals surface area contributed by atoms with E-state index in [9.17, 15) is 2.74 Å². The molecule has 0 aliphatic heterocycles. The summed E-state index contributed by atoms with van der Waals surface area (Å²) in [6.07, 6.45) is 0. The number of hydrogen-bond donors (Lipinski definition) is 0. The molecule has 11 rings (SSSR count). The number of hydrogen-bond acceptors (Lipinski definition) is 1. The predicted molar refractivity (Wildman–Crippen MR) is 218 cm³/mol. The van der Waals surface area contributed by atoms with E-state index >= 15 is 0 Å². The molecule has 51 heavy (non-hydrogen) atoms. The summed E-state index contributed by atoms with van der Waals surface area (Å²) in [4.78, 5) is 0. The van der Waals surface area contributed by atoms with Gasteiger partial charge in [-0.2, -0.15) is 0 Å². The van der Waals surface area contributed by atoms with Crippen LogP contribution in [0.2, 0.25) is 0 Å². The average Bonchev–Trinajstić information content (AvgIpc) is 3.67. The fourth-order valence-electron chi connectivity index (χ4n) is 8.00. The molecule has 11 aromatic rings. The Morgan fingerprint density at radius 1 is 0.373 bits per heavy atom. The smallest absolute Gasteiger partial charge is 0.143 e. The normalized spacial score (nSPS) is 14.4. The number of furan rings is 1. The molecular weight excluding hydrogens is 617 g/mol. The molecule has 1 heteroatoms. The first kappa shape index (κ1) is 20.7. The molecular formula is C50H30O. The Balaban J connectivity index is 1.30. The monoisotopic (exact) mass is 655 g/mol. The van der Waals surface area contributed by atoms with E-state index < -0.39 is 42.3 Å². The Bertz CT molecular complexity index is 3660. The Labute approximate surface area is 307 Å². The third kappa shape index (κ3) is 4.16. The fraction of sp³-hybridized carbons (Fsp3) is 0. The van der Waals surface area contributed by atoms with Crippen molar-refractivity contribution in [1.82, 2.24) is 0 Å². The minimum atomic E-state index is -0.534. The first-order valence-electron chi connectivity index (χ1n) is 21.4. The molecule has 0 spiro atoms. The zero-order chi connectivity index (χ0) is 41.3. The minimum Gasteiger partial charge on any atom is -0.455 e. The molecule has 0 fully saturated rings. The SMILES string of the molecule is [2H]c1c([2H])c(-c2cc(-c3c4ccccc4c(-c4cccc5ccccc45)c4ccccc34)c3ccccc3c2)c2c(oc3c4c([2H])c([2H])c([2H])c([2H])c4c([2H])c([2H])c32)c1[2H]. The second kappa shape index (κ2) is 10.9. The molecule has 0 unspecified atom stereocenters. The lowest BCUT2D eigenvalue weighted by Gasteiger charge is -2.20. The van der Waals surface area contributed by atoms with Crippen molar-refractivity contribution in [2.75, 3.05) is 0 Å². The molecule has 0 radical (unpaired) electrons. The van der Waals surface area contributed by atoms with E-state index in [1.807, 2.05) is 48.5 Å². The topological polar surface area (TPSA) is 13.1 Å². The molecule has 0 aliphatic rings. The van der Waals surface area contributed by atoms with Crippen LogP contribution in [0.5, 0.6) is 0 Å². The zero-order valence-corrected chi connectivity index (χ0v) is 27.0. The van der Waals surface area contributed by atoms with Gasteiger partial charge < -0.3 is 4.42 Å². The molecule has 1 heterocycles. The third-order valence-electron chi connectivity index (χ3n) is 10.2. The maximum atomic E-state index is 9.45. The molecule has 1 nitrogen and oxygen atoms in total. The standard InChI is InChI=1S/C50H30O/c1-4-17-35-31(13-1)16-11-25-39(35)47-40-20-7-9-22-42(40)48(43-23-10-8-21-41(43)47)45-30-34(29-33-15-3-5-18-36(33)45)37-24-12-26-46-49(37)44-28-27-32-14-2-6-19-38(32)50(44)51-46/h1-30H/i2D,6D,12D,14D,19D,24D,26D,27D,28D. The summed E-state index contributed by atoms with van der Waals surface area (Å²) >= 11 is 0. The van der Waals surface area contributed by atoms with E-state index in [4.69, 9.17) is 14.0 Å². The van der Waals surface area contributed by atoms with Crippen LogP contribution in [0.1, 0.15) is 12.3 Å². The van der Waals surface area contributed by atoms with Gasteiger partial charge in [0.15, 0.2) is 0 Å². The molecule has 0 amide bonds. The van der Waals surface area contributed by atoms with Crippen LogP contribution in [-0.4, -0.2) is 0 Å². The van der Waals surface area contributed by atoms with Crippen molar-refractivity contribution < 1.29 is 16.8 Å². The third-order valence-corrected chi connectivity index (χ3v) is 10.2. The number of fused-ring (bicyclic) bond motifs is 9. The summed E-state index contributed by atoms with van der Waals surface area (Å²) in [5.74, 6) is 0. The predicted octanol–water partition coefficient (Wildman–Crippen LogP) is 14.4. The van der Waals surface area contributed by atoms with Gasteiger partial charge in [0.2, 0.25) is 0 Å². The molecule has 0 bridgehead atoms. The maximum Gasteiger partial charge on any atom is 0.143 e. The second-order valence-electron chi connectivity index (χ2n) is 12.9. The fourth-order valence-corrected chi connectivity index (χ4v) is 8.00. The summed E-state index contributed by atoms with van der Waals surface area (Å²) < 4.78 is 86.3. The van der Waals surface area contributed by atoms with E-state index in [1.54, 1.807) is 0 Å². The van der Waals surface area contributed by atoms with Gasteiger partial charge >= 0.3 is 0 Å². The van der Waals surface area contributed by atoms with Gasteiger partial charge in [0, 0.05) is 16.2 Å². The summed E-state index contributed by atoms with van der Waals surface area (Å²) in [5, 5.41) is 8.22. The molecule has 10 aromatic carbocycles. The molecule has 236 valence electrons. The first-order valence-corrected chi connectivity index (χ1v) is 16.9. The van der Waals surface area contributed by atoms with Crippen molar-refractivity contribution in [1.29, 1.82) is 0 Å². The molecule has 0 saturated carbocycles. The quantitative estimate of drug-likeness (QED) is 0.173. The van der Waals surface area contributed by atoms with Gasteiger partial charge in [-0.3, -0.25) is 0 Å². The van der Waals surface area contributed by atoms with Crippen molar-refractivity contribution in [2.24, 2.45) is 0 Å². The lowest BCUT2D eigenvalue weighted by atomic mass is 9.83. The molecule has 0 N–H and O–H groups in total. The van der Waals surface area contributed by atoms with Gasteiger partial charge in [0.1, 0.15) is 11.2 Å². The van der Waals surface area contributed by atoms with Gasteiger partial charge in [-0.25, -0.2) is 0 Å². The van der Waals surface area contributed by atoms with Crippen molar-refractivity contribution in [2.45, 2.75) is 0 Å². The Morgan fingerprint density at radius 3 is 1.73 bits per heavy atom. The van der Waals surface area contributed by atoms with Gasteiger partial charge in [-0.15, -0.1) is 0 Å². The molecule has 0 aliphatic carbocycles. The van der Waals surface area contributed by atoms with E-state index in [-0.39, 0.29) is 50.4 Å². The van der Waals surface area contributed by atoms with Crippen LogP contribution in [0.3, 0.4) is 0 Å². The minimum absolute atomic E-state index is 0.0505. The maximum absolute atomic E-state index is 9.45. The van der Waals surface area contributed by atoms with E-state index in [1.165, 1.54) is 0 Å². The number of rotatable bonds is 3. The lowest BCUT2D eigenvalue weighted by Crippen LogP contribution is -1.93. The van der Waals surface area contributed by atoms with Crippen LogP contribution in [0, 0.1) is 0 Å². The largest absolute Gasteiger partial charge is 0.455 e. The van der Waals surface area contributed by atoms with E-state index in [0.29, 0.717) is 5.56 Å². The Hall–Kier alpha value is -6.70. The highest BCUT2D eigenvalue weighted by molar-refractivity contribution is 6.26. The van der Waals surface area contributed by atoms with Crippen LogP contribution in [-0.2, 0) is 0 Å². The average molecular weight is 656 g/mol. The van der Waals surface area contributed by atoms with Gasteiger partial charge in [0.25, 0.3) is 0 Å². The van der Waals surface area contributed by atoms with Crippen molar-refractivity contribution >= 4 is 75.8 Å². The highest BCUT2D eigenvalue weighted by Crippen LogP contribution is 2.48. The molecule has 0 atom stereocenters. The summed E-state index contributed by atoms with van der Waals surface area (Å²) in [6.45, 7) is 0. The molecule has 1 aromatic heterocycles. The van der Waals surface area contributed by atoms with Crippen LogP contribution < -0.4 is 0 Å². The first-order chi connectivity index (χ1) is 29.1. The van der Waals surface area contributed by atoms with Crippen molar-refractivity contribution in [3.8, 4) is 33.4 Å². The number of benzene rings is 10.